The van der Waals surface area contributed by atoms with Gasteiger partial charge in [-0.15, -0.1) is 11.3 Å². The first-order valence-electron chi connectivity index (χ1n) is 7.64. The first kappa shape index (κ1) is 14.8. The Labute approximate surface area is 121 Å². The Kier molecular flexibility index (Phi) is 5.22. The monoisotopic (exact) mass is 281 g/mol. The molecule has 19 heavy (non-hydrogen) atoms. The highest BCUT2D eigenvalue weighted by molar-refractivity contribution is 7.15. The maximum Gasteiger partial charge on any atom is 0.186 e. The van der Waals surface area contributed by atoms with Gasteiger partial charge in [-0.3, -0.25) is 0 Å². The maximum atomic E-state index is 4.95. The lowest BCUT2D eigenvalue weighted by molar-refractivity contribution is 0.711. The summed E-state index contributed by atoms with van der Waals surface area (Å²) in [6.45, 7) is 12.0. The molecule has 4 heteroatoms. The molecule has 108 valence electrons. The van der Waals surface area contributed by atoms with Gasteiger partial charge in [-0.1, -0.05) is 27.7 Å². The SMILES string of the molecule is CCCN(c1nc(C(C)C)c(CNCC)s1)C1CC1. The fraction of sp³-hybridized carbons (Fsp3) is 0.800. The molecular formula is C15H27N3S. The largest absolute Gasteiger partial charge is 0.345 e. The lowest BCUT2D eigenvalue weighted by atomic mass is 10.1. The molecule has 0 spiro atoms. The Morgan fingerprint density at radius 2 is 2.11 bits per heavy atom. The van der Waals surface area contributed by atoms with Crippen molar-refractivity contribution in [1.29, 1.82) is 0 Å². The summed E-state index contributed by atoms with van der Waals surface area (Å²) in [6.07, 6.45) is 3.90. The van der Waals surface area contributed by atoms with Gasteiger partial charge in [-0.25, -0.2) is 4.98 Å². The van der Waals surface area contributed by atoms with Gasteiger partial charge in [-0.2, -0.15) is 0 Å². The zero-order valence-electron chi connectivity index (χ0n) is 12.7. The molecule has 0 bridgehead atoms. The molecular weight excluding hydrogens is 254 g/mol. The Morgan fingerprint density at radius 1 is 1.37 bits per heavy atom. The molecule has 3 nitrogen and oxygen atoms in total. The Bertz CT molecular complexity index is 396. The van der Waals surface area contributed by atoms with Crippen LogP contribution in [0.1, 0.15) is 63.4 Å². The minimum absolute atomic E-state index is 0.515. The van der Waals surface area contributed by atoms with Crippen LogP contribution in [0.25, 0.3) is 0 Å². The fourth-order valence-electron chi connectivity index (χ4n) is 2.35. The van der Waals surface area contributed by atoms with Crippen molar-refractivity contribution in [3.8, 4) is 0 Å². The van der Waals surface area contributed by atoms with E-state index in [1.54, 1.807) is 0 Å². The predicted molar refractivity (Wildman–Crippen MR) is 84.2 cm³/mol. The molecule has 0 radical (unpaired) electrons. The Morgan fingerprint density at radius 3 is 2.63 bits per heavy atom. The molecule has 1 aromatic rings. The van der Waals surface area contributed by atoms with Crippen LogP contribution in [-0.4, -0.2) is 24.1 Å². The normalized spacial score (nSPS) is 15.2. The van der Waals surface area contributed by atoms with Gasteiger partial charge in [-0.05, 0) is 31.7 Å². The van der Waals surface area contributed by atoms with Crippen LogP contribution >= 0.6 is 11.3 Å². The van der Waals surface area contributed by atoms with Crippen LogP contribution in [0.15, 0.2) is 0 Å². The van der Waals surface area contributed by atoms with Crippen molar-refractivity contribution >= 4 is 16.5 Å². The Hall–Kier alpha value is -0.610. The fourth-order valence-corrected chi connectivity index (χ4v) is 3.63. The highest BCUT2D eigenvalue weighted by Crippen LogP contribution is 2.37. The van der Waals surface area contributed by atoms with E-state index in [4.69, 9.17) is 4.98 Å². The lowest BCUT2D eigenvalue weighted by Crippen LogP contribution is -2.26. The summed E-state index contributed by atoms with van der Waals surface area (Å²) in [5.74, 6) is 0.515. The number of hydrogen-bond donors (Lipinski definition) is 1. The van der Waals surface area contributed by atoms with Crippen molar-refractivity contribution in [2.75, 3.05) is 18.0 Å². The van der Waals surface area contributed by atoms with Crippen molar-refractivity contribution in [2.45, 2.75) is 65.5 Å². The van der Waals surface area contributed by atoms with E-state index in [9.17, 15) is 0 Å². The molecule has 1 aliphatic carbocycles. The van der Waals surface area contributed by atoms with Crippen LogP contribution in [0.3, 0.4) is 0 Å². The molecule has 0 aromatic carbocycles. The highest BCUT2D eigenvalue weighted by Gasteiger charge is 2.31. The van der Waals surface area contributed by atoms with Gasteiger partial charge in [0, 0.05) is 24.0 Å². The number of thiazole rings is 1. The highest BCUT2D eigenvalue weighted by atomic mass is 32.1. The summed E-state index contributed by atoms with van der Waals surface area (Å²) < 4.78 is 0. The van der Waals surface area contributed by atoms with Gasteiger partial charge < -0.3 is 10.2 Å². The lowest BCUT2D eigenvalue weighted by Gasteiger charge is -2.20. The summed E-state index contributed by atoms with van der Waals surface area (Å²) in [4.78, 5) is 8.91. The average Bonchev–Trinajstić information content (AvgIpc) is 3.12. The first-order valence-corrected chi connectivity index (χ1v) is 8.45. The molecule has 1 aromatic heterocycles. The van der Waals surface area contributed by atoms with E-state index >= 15 is 0 Å². The molecule has 0 atom stereocenters. The maximum absolute atomic E-state index is 4.95. The van der Waals surface area contributed by atoms with Crippen molar-refractivity contribution in [2.24, 2.45) is 0 Å². The second-order valence-corrected chi connectivity index (χ2v) is 6.73. The van der Waals surface area contributed by atoms with Gasteiger partial charge in [0.05, 0.1) is 5.69 Å². The van der Waals surface area contributed by atoms with E-state index in [-0.39, 0.29) is 0 Å². The quantitative estimate of drug-likeness (QED) is 0.786. The second kappa shape index (κ2) is 6.71. The van der Waals surface area contributed by atoms with Crippen molar-refractivity contribution in [3.05, 3.63) is 10.6 Å². The molecule has 1 saturated carbocycles. The molecule has 1 fully saturated rings. The summed E-state index contributed by atoms with van der Waals surface area (Å²) in [5, 5.41) is 4.69. The number of rotatable bonds is 8. The summed E-state index contributed by atoms with van der Waals surface area (Å²) >= 11 is 1.90. The van der Waals surface area contributed by atoms with E-state index in [2.05, 4.69) is 37.9 Å². The third kappa shape index (κ3) is 3.69. The smallest absolute Gasteiger partial charge is 0.186 e. The van der Waals surface area contributed by atoms with Gasteiger partial charge >= 0.3 is 0 Å². The van der Waals surface area contributed by atoms with E-state index in [1.807, 2.05) is 11.3 Å². The standard InChI is InChI=1S/C15H27N3S/c1-5-9-18(12-7-8-12)15-17-14(11(3)4)13(19-15)10-16-6-2/h11-12,16H,5-10H2,1-4H3. The average molecular weight is 281 g/mol. The van der Waals surface area contributed by atoms with Crippen molar-refractivity contribution in [1.82, 2.24) is 10.3 Å². The van der Waals surface area contributed by atoms with Crippen LogP contribution < -0.4 is 10.2 Å². The molecule has 0 aliphatic heterocycles. The third-order valence-corrected chi connectivity index (χ3v) is 4.60. The van der Waals surface area contributed by atoms with Gasteiger partial charge in [0.15, 0.2) is 5.13 Å². The van der Waals surface area contributed by atoms with Crippen LogP contribution in [0.5, 0.6) is 0 Å². The predicted octanol–water partition coefficient (Wildman–Crippen LogP) is 3.75. The Balaban J connectivity index is 2.19. The van der Waals surface area contributed by atoms with Crippen LogP contribution in [0.4, 0.5) is 5.13 Å². The summed E-state index contributed by atoms with van der Waals surface area (Å²) in [5.41, 5.74) is 1.29. The van der Waals surface area contributed by atoms with Crippen molar-refractivity contribution in [3.63, 3.8) is 0 Å². The van der Waals surface area contributed by atoms with E-state index in [0.29, 0.717) is 5.92 Å². The van der Waals surface area contributed by atoms with Crippen LogP contribution in [0.2, 0.25) is 0 Å². The van der Waals surface area contributed by atoms with Gasteiger partial charge in [0.2, 0.25) is 0 Å². The minimum atomic E-state index is 0.515. The molecule has 1 N–H and O–H groups in total. The van der Waals surface area contributed by atoms with Crippen LogP contribution in [0, 0.1) is 0 Å². The zero-order valence-corrected chi connectivity index (χ0v) is 13.5. The van der Waals surface area contributed by atoms with Gasteiger partial charge in [0.1, 0.15) is 0 Å². The first-order chi connectivity index (χ1) is 9.17. The minimum Gasteiger partial charge on any atom is -0.345 e. The van der Waals surface area contributed by atoms with E-state index in [1.165, 1.54) is 35.0 Å². The van der Waals surface area contributed by atoms with Crippen molar-refractivity contribution < 1.29 is 0 Å². The molecule has 0 saturated heterocycles. The number of aromatic nitrogens is 1. The summed E-state index contributed by atoms with van der Waals surface area (Å²) in [6, 6.07) is 0.762. The van der Waals surface area contributed by atoms with E-state index in [0.717, 1.165) is 25.7 Å². The van der Waals surface area contributed by atoms with Crippen LogP contribution in [-0.2, 0) is 6.54 Å². The molecule has 2 rings (SSSR count). The second-order valence-electron chi connectivity index (χ2n) is 5.66. The molecule has 1 heterocycles. The topological polar surface area (TPSA) is 28.2 Å². The number of hydrogen-bond acceptors (Lipinski definition) is 4. The van der Waals surface area contributed by atoms with Gasteiger partial charge in [0.25, 0.3) is 0 Å². The zero-order chi connectivity index (χ0) is 13.8. The molecule has 0 unspecified atom stereocenters. The number of nitrogens with one attached hydrogen (secondary N) is 1. The van der Waals surface area contributed by atoms with E-state index < -0.39 is 0 Å². The number of nitrogens with zero attached hydrogens (tertiary/aromatic N) is 2. The third-order valence-electron chi connectivity index (χ3n) is 3.50. The number of anilines is 1. The summed E-state index contributed by atoms with van der Waals surface area (Å²) in [7, 11) is 0. The molecule has 0 amide bonds. The molecule has 1 aliphatic rings.